The van der Waals surface area contributed by atoms with Crippen LogP contribution < -0.4 is 21.7 Å². The van der Waals surface area contributed by atoms with Gasteiger partial charge in [-0.2, -0.15) is 0 Å². The molecule has 1 unspecified atom stereocenters. The van der Waals surface area contributed by atoms with Gasteiger partial charge >= 0.3 is 0 Å². The first-order chi connectivity index (χ1) is 16.8. The lowest BCUT2D eigenvalue weighted by Gasteiger charge is -2.20. The number of amides is 1. The molecule has 0 aliphatic heterocycles. The quantitative estimate of drug-likeness (QED) is 0.265. The molecule has 0 bridgehead atoms. The molecule has 35 heavy (non-hydrogen) atoms. The molecule has 178 valence electrons. The fourth-order valence-corrected chi connectivity index (χ4v) is 4.32. The Hall–Kier alpha value is -3.39. The van der Waals surface area contributed by atoms with Crippen LogP contribution in [0.15, 0.2) is 77.6 Å². The summed E-state index contributed by atoms with van der Waals surface area (Å²) in [6.45, 7) is 0. The van der Waals surface area contributed by atoms with Crippen LogP contribution in [0.4, 0.5) is 0 Å². The van der Waals surface area contributed by atoms with E-state index >= 15 is 0 Å². The molecule has 0 aliphatic rings. The fourth-order valence-electron chi connectivity index (χ4n) is 3.96. The largest absolute Gasteiger partial charge is 0.364 e. The number of nitrogens with one attached hydrogen (secondary N) is 3. The first-order valence-corrected chi connectivity index (χ1v) is 11.9. The Morgan fingerprint density at radius 3 is 2.31 bits per heavy atom. The van der Waals surface area contributed by atoms with Crippen molar-refractivity contribution in [3.63, 3.8) is 0 Å². The molecule has 3 N–H and O–H groups in total. The maximum absolute atomic E-state index is 13.3. The summed E-state index contributed by atoms with van der Waals surface area (Å²) >= 11 is 17.4. The van der Waals surface area contributed by atoms with Crippen molar-refractivity contribution >= 4 is 57.3 Å². The third-order valence-electron chi connectivity index (χ3n) is 5.73. The normalized spacial score (nSPS) is 11.7. The standard InChI is InChI=1S/C26H22Cl2N4O2S/c1-29-26(35)31-30-25(34)24(15-6-9-18(27)10-7-15)17-8-11-22-21(13-17)20(14-23(33)32(22)2)16-4-3-5-19(28)12-16/h3-14,24H,1-2H3,(H,30,34)(H2,29,31,35). The first kappa shape index (κ1) is 24.7. The Kier molecular flexibility index (Phi) is 7.40. The number of hydrogen-bond acceptors (Lipinski definition) is 3. The van der Waals surface area contributed by atoms with Gasteiger partial charge in [-0.15, -0.1) is 0 Å². The number of aryl methyl sites for hydroxylation is 1. The maximum Gasteiger partial charge on any atom is 0.251 e. The molecule has 9 heteroatoms. The molecule has 1 amide bonds. The zero-order valence-electron chi connectivity index (χ0n) is 18.9. The van der Waals surface area contributed by atoms with Gasteiger partial charge < -0.3 is 9.88 Å². The van der Waals surface area contributed by atoms with Crippen molar-refractivity contribution in [3.05, 3.63) is 104 Å². The average Bonchev–Trinajstić information content (AvgIpc) is 2.86. The number of thiocarbonyl (C=S) groups is 1. The van der Waals surface area contributed by atoms with Crippen molar-refractivity contribution in [1.29, 1.82) is 0 Å². The second kappa shape index (κ2) is 10.5. The number of nitrogens with zero attached hydrogens (tertiary/aromatic N) is 1. The van der Waals surface area contributed by atoms with E-state index in [1.165, 1.54) is 0 Å². The Bertz CT molecular complexity index is 1490. The predicted molar refractivity (Wildman–Crippen MR) is 146 cm³/mol. The Morgan fingerprint density at radius 1 is 0.914 bits per heavy atom. The van der Waals surface area contributed by atoms with Gasteiger partial charge in [0.1, 0.15) is 0 Å². The van der Waals surface area contributed by atoms with Crippen LogP contribution in [0, 0.1) is 0 Å². The molecule has 0 spiro atoms. The van der Waals surface area contributed by atoms with Crippen molar-refractivity contribution in [1.82, 2.24) is 20.7 Å². The SMILES string of the molecule is CNC(=S)NNC(=O)C(c1ccc(Cl)cc1)c1ccc2c(c1)c(-c1cccc(Cl)c1)cc(=O)n2C. The van der Waals surface area contributed by atoms with Crippen LogP contribution in [-0.4, -0.2) is 22.6 Å². The summed E-state index contributed by atoms with van der Waals surface area (Å²) in [5.41, 5.74) is 8.98. The van der Waals surface area contributed by atoms with Crippen molar-refractivity contribution in [2.75, 3.05) is 7.05 Å². The number of halogens is 2. The molecule has 1 atom stereocenters. The van der Waals surface area contributed by atoms with Crippen LogP contribution >= 0.6 is 35.4 Å². The summed E-state index contributed by atoms with van der Waals surface area (Å²) in [4.78, 5) is 26.0. The monoisotopic (exact) mass is 524 g/mol. The molecule has 0 fully saturated rings. The van der Waals surface area contributed by atoms with E-state index in [-0.39, 0.29) is 16.6 Å². The average molecular weight is 525 g/mol. The van der Waals surface area contributed by atoms with Crippen LogP contribution in [-0.2, 0) is 11.8 Å². The molecular formula is C26H22Cl2N4O2S. The van der Waals surface area contributed by atoms with Gasteiger partial charge in [-0.05, 0) is 70.9 Å². The van der Waals surface area contributed by atoms with Crippen LogP contribution in [0.5, 0.6) is 0 Å². The number of hydrogen-bond donors (Lipinski definition) is 3. The second-order valence-corrected chi connectivity index (χ2v) is 9.20. The highest BCUT2D eigenvalue weighted by atomic mass is 35.5. The molecule has 0 saturated carbocycles. The van der Waals surface area contributed by atoms with E-state index in [9.17, 15) is 9.59 Å². The molecular weight excluding hydrogens is 503 g/mol. The molecule has 0 radical (unpaired) electrons. The number of rotatable bonds is 4. The molecule has 0 saturated heterocycles. The van der Waals surface area contributed by atoms with Crippen molar-refractivity contribution < 1.29 is 4.79 Å². The summed E-state index contributed by atoms with van der Waals surface area (Å²) in [5.74, 6) is -0.980. The third-order valence-corrected chi connectivity index (χ3v) is 6.52. The molecule has 1 aromatic heterocycles. The summed E-state index contributed by atoms with van der Waals surface area (Å²) in [6, 6.07) is 21.7. The van der Waals surface area contributed by atoms with E-state index in [0.717, 1.165) is 33.2 Å². The van der Waals surface area contributed by atoms with Gasteiger partial charge in [0, 0.05) is 35.6 Å². The van der Waals surface area contributed by atoms with Gasteiger partial charge in [0.15, 0.2) is 5.11 Å². The van der Waals surface area contributed by atoms with E-state index < -0.39 is 5.92 Å². The highest BCUT2D eigenvalue weighted by Crippen LogP contribution is 2.33. The van der Waals surface area contributed by atoms with Gasteiger partial charge in [0.2, 0.25) is 5.91 Å². The van der Waals surface area contributed by atoms with Crippen molar-refractivity contribution in [3.8, 4) is 11.1 Å². The minimum Gasteiger partial charge on any atom is -0.364 e. The topological polar surface area (TPSA) is 75.2 Å². The highest BCUT2D eigenvalue weighted by molar-refractivity contribution is 7.80. The summed E-state index contributed by atoms with van der Waals surface area (Å²) < 4.78 is 1.58. The number of benzene rings is 3. The zero-order chi connectivity index (χ0) is 25.1. The predicted octanol–water partition coefficient (Wildman–Crippen LogP) is 4.77. The summed E-state index contributed by atoms with van der Waals surface area (Å²) in [5, 5.41) is 4.99. The maximum atomic E-state index is 13.3. The van der Waals surface area contributed by atoms with Crippen LogP contribution in [0.25, 0.3) is 22.0 Å². The number of aromatic nitrogens is 1. The van der Waals surface area contributed by atoms with Gasteiger partial charge in [0.25, 0.3) is 5.56 Å². The smallest absolute Gasteiger partial charge is 0.251 e. The number of hydrazine groups is 1. The van der Waals surface area contributed by atoms with Crippen molar-refractivity contribution in [2.24, 2.45) is 7.05 Å². The Labute approximate surface area is 217 Å². The number of carbonyl (C=O) groups excluding carboxylic acids is 1. The second-order valence-electron chi connectivity index (χ2n) is 7.92. The minimum atomic E-state index is -0.673. The van der Waals surface area contributed by atoms with Crippen LogP contribution in [0.3, 0.4) is 0 Å². The van der Waals surface area contributed by atoms with Gasteiger partial charge in [-0.25, -0.2) is 0 Å². The molecule has 6 nitrogen and oxygen atoms in total. The molecule has 3 aromatic carbocycles. The summed E-state index contributed by atoms with van der Waals surface area (Å²) in [6.07, 6.45) is 0. The Balaban J connectivity index is 1.90. The highest BCUT2D eigenvalue weighted by Gasteiger charge is 2.24. The van der Waals surface area contributed by atoms with E-state index in [0.29, 0.717) is 10.0 Å². The first-order valence-electron chi connectivity index (χ1n) is 10.7. The van der Waals surface area contributed by atoms with E-state index in [1.54, 1.807) is 42.9 Å². The van der Waals surface area contributed by atoms with Gasteiger partial charge in [-0.1, -0.05) is 53.5 Å². The van der Waals surface area contributed by atoms with E-state index in [1.807, 2.05) is 48.5 Å². The number of carbonyl (C=O) groups is 1. The zero-order valence-corrected chi connectivity index (χ0v) is 21.3. The third kappa shape index (κ3) is 5.32. The van der Waals surface area contributed by atoms with E-state index in [4.69, 9.17) is 35.4 Å². The lowest BCUT2D eigenvalue weighted by molar-refractivity contribution is -0.122. The Morgan fingerprint density at radius 2 is 1.63 bits per heavy atom. The molecule has 4 aromatic rings. The molecule has 0 aliphatic carbocycles. The lowest BCUT2D eigenvalue weighted by atomic mass is 9.88. The number of pyridine rings is 1. The fraction of sp³-hybridized carbons (Fsp3) is 0.115. The van der Waals surface area contributed by atoms with Gasteiger partial charge in [-0.3, -0.25) is 20.4 Å². The van der Waals surface area contributed by atoms with Crippen LogP contribution in [0.1, 0.15) is 17.0 Å². The molecule has 4 rings (SSSR count). The van der Waals surface area contributed by atoms with E-state index in [2.05, 4.69) is 16.2 Å². The number of fused-ring (bicyclic) bond motifs is 1. The van der Waals surface area contributed by atoms with Gasteiger partial charge in [0.05, 0.1) is 11.4 Å². The molecule has 1 heterocycles. The summed E-state index contributed by atoms with van der Waals surface area (Å²) in [7, 11) is 3.38. The minimum absolute atomic E-state index is 0.142. The van der Waals surface area contributed by atoms with Crippen molar-refractivity contribution in [2.45, 2.75) is 5.92 Å². The van der Waals surface area contributed by atoms with Crippen LogP contribution in [0.2, 0.25) is 10.0 Å². The lowest BCUT2D eigenvalue weighted by Crippen LogP contribution is -2.47.